The second-order valence-electron chi connectivity index (χ2n) is 10.1. The average Bonchev–Trinajstić information content (AvgIpc) is 3.67. The summed E-state index contributed by atoms with van der Waals surface area (Å²) < 4.78 is 1.01. The van der Waals surface area contributed by atoms with Crippen molar-refractivity contribution in [3.63, 3.8) is 0 Å². The molecule has 0 fully saturated rings. The second kappa shape index (κ2) is 13.6. The van der Waals surface area contributed by atoms with Crippen LogP contribution in [0.1, 0.15) is 29.3 Å². The smallest absolute Gasteiger partial charge is 0.272 e. The number of nitrogens with zero attached hydrogens (tertiary/aromatic N) is 1. The summed E-state index contributed by atoms with van der Waals surface area (Å²) in [5.41, 5.74) is 3.58. The van der Waals surface area contributed by atoms with E-state index in [9.17, 15) is 14.4 Å². The predicted molar refractivity (Wildman–Crippen MR) is 183 cm³/mol. The lowest BCUT2D eigenvalue weighted by Gasteiger charge is -2.15. The highest BCUT2D eigenvalue weighted by Gasteiger charge is 2.21. The van der Waals surface area contributed by atoms with E-state index in [0.29, 0.717) is 22.8 Å². The largest absolute Gasteiger partial charge is 0.361 e. The van der Waals surface area contributed by atoms with Crippen LogP contribution in [0.25, 0.3) is 27.2 Å². The minimum absolute atomic E-state index is 0.0910. The Morgan fingerprint density at radius 1 is 0.911 bits per heavy atom. The molecule has 0 radical (unpaired) electrons. The van der Waals surface area contributed by atoms with E-state index >= 15 is 0 Å². The number of fused-ring (bicyclic) bond motifs is 2. The lowest BCUT2D eigenvalue weighted by atomic mass is 10.1. The number of aromatic amines is 1. The molecule has 2 heterocycles. The van der Waals surface area contributed by atoms with Crippen LogP contribution >= 0.6 is 23.1 Å². The topological polar surface area (TPSA) is 116 Å². The van der Waals surface area contributed by atoms with E-state index in [4.69, 9.17) is 0 Å². The summed E-state index contributed by atoms with van der Waals surface area (Å²) in [5, 5.41) is 9.79. The van der Waals surface area contributed by atoms with Crippen molar-refractivity contribution in [2.45, 2.75) is 23.5 Å². The molecular weight excluding hydrogens is 603 g/mol. The van der Waals surface area contributed by atoms with Gasteiger partial charge in [0.25, 0.3) is 11.8 Å². The van der Waals surface area contributed by atoms with Crippen LogP contribution < -0.4 is 16.0 Å². The molecule has 6 aromatic rings. The summed E-state index contributed by atoms with van der Waals surface area (Å²) in [6.07, 6.45) is 4.06. The van der Waals surface area contributed by atoms with E-state index in [2.05, 4.69) is 25.9 Å². The molecule has 0 bridgehead atoms. The molecule has 0 saturated carbocycles. The Bertz CT molecular complexity index is 2000. The van der Waals surface area contributed by atoms with Crippen molar-refractivity contribution in [1.82, 2.24) is 15.3 Å². The molecule has 224 valence electrons. The molecule has 4 N–H and O–H groups in total. The number of carbonyl (C=O) groups excluding carboxylic acids is 3. The summed E-state index contributed by atoms with van der Waals surface area (Å²) in [7, 11) is 0. The minimum atomic E-state index is -0.479. The van der Waals surface area contributed by atoms with Gasteiger partial charge in [-0.05, 0) is 61.0 Å². The van der Waals surface area contributed by atoms with Gasteiger partial charge in [-0.3, -0.25) is 14.4 Å². The number of nitrogens with one attached hydrogen (secondary N) is 4. The van der Waals surface area contributed by atoms with Crippen LogP contribution in [-0.2, 0) is 9.59 Å². The van der Waals surface area contributed by atoms with Gasteiger partial charge in [0.15, 0.2) is 5.13 Å². The molecular formula is C35H29N5O3S2. The number of thioether (sulfide) groups is 1. The zero-order chi connectivity index (χ0) is 31.2. The van der Waals surface area contributed by atoms with Gasteiger partial charge in [0.2, 0.25) is 5.91 Å². The number of H-pyrrole nitrogens is 1. The standard InChI is InChI=1S/C35H29N5O3S2/c1-2-30(34(43)40-35-39-28-17-8-9-18-31(28)45-35)44-25-14-10-13-24(20-25)37-33(42)29(38-32(41)22-11-4-3-5-12-22)19-23-21-36-27-16-7-6-15-26(23)27/h3-21,30,36H,2H2,1H3,(H,37,42)(H,38,41)(H,39,40,43)/b29-19-. The first-order valence-electron chi connectivity index (χ1n) is 14.4. The fraction of sp³-hybridized carbons (Fsp3) is 0.0857. The molecule has 4 aromatic carbocycles. The first-order chi connectivity index (χ1) is 22.0. The van der Waals surface area contributed by atoms with Crippen LogP contribution in [0.4, 0.5) is 10.8 Å². The van der Waals surface area contributed by atoms with Crippen molar-refractivity contribution in [1.29, 1.82) is 0 Å². The van der Waals surface area contributed by atoms with Crippen LogP contribution in [0.15, 0.2) is 120 Å². The van der Waals surface area contributed by atoms with Crippen LogP contribution in [0.2, 0.25) is 0 Å². The molecule has 0 aliphatic heterocycles. The number of hydrogen-bond acceptors (Lipinski definition) is 6. The van der Waals surface area contributed by atoms with Gasteiger partial charge < -0.3 is 20.9 Å². The van der Waals surface area contributed by atoms with Crippen LogP contribution in [-0.4, -0.2) is 32.9 Å². The number of thiazole rings is 1. The number of amides is 3. The fourth-order valence-corrected chi connectivity index (χ4v) is 6.64. The molecule has 2 aromatic heterocycles. The summed E-state index contributed by atoms with van der Waals surface area (Å²) in [6, 6.07) is 31.5. The molecule has 6 rings (SSSR count). The van der Waals surface area contributed by atoms with Crippen molar-refractivity contribution in [3.05, 3.63) is 126 Å². The Morgan fingerprint density at radius 3 is 2.51 bits per heavy atom. The normalized spacial score (nSPS) is 12.2. The Balaban J connectivity index is 1.19. The quantitative estimate of drug-likeness (QED) is 0.0914. The number of anilines is 2. The Kier molecular flexibility index (Phi) is 9.04. The molecule has 0 aliphatic carbocycles. The fourth-order valence-electron chi connectivity index (χ4n) is 4.75. The van der Waals surface area contributed by atoms with E-state index < -0.39 is 11.8 Å². The molecule has 3 amide bonds. The van der Waals surface area contributed by atoms with E-state index in [0.717, 1.165) is 31.6 Å². The van der Waals surface area contributed by atoms with Crippen molar-refractivity contribution in [2.24, 2.45) is 0 Å². The third-order valence-electron chi connectivity index (χ3n) is 7.01. The zero-order valence-electron chi connectivity index (χ0n) is 24.2. The highest BCUT2D eigenvalue weighted by molar-refractivity contribution is 8.00. The molecule has 0 spiro atoms. The molecule has 1 atom stereocenters. The number of para-hydroxylation sites is 2. The number of carbonyl (C=O) groups is 3. The second-order valence-corrected chi connectivity index (χ2v) is 12.4. The van der Waals surface area contributed by atoms with Crippen LogP contribution in [0, 0.1) is 0 Å². The van der Waals surface area contributed by atoms with Crippen LogP contribution in [0.5, 0.6) is 0 Å². The number of hydrogen-bond donors (Lipinski definition) is 4. The number of aromatic nitrogens is 2. The summed E-state index contributed by atoms with van der Waals surface area (Å²) in [4.78, 5) is 48.4. The van der Waals surface area contributed by atoms with Gasteiger partial charge >= 0.3 is 0 Å². The molecule has 0 saturated heterocycles. The van der Waals surface area contributed by atoms with E-state index in [1.807, 2.05) is 79.7 Å². The van der Waals surface area contributed by atoms with Gasteiger partial charge in [-0.1, -0.05) is 72.9 Å². The number of benzene rings is 4. The predicted octanol–water partition coefficient (Wildman–Crippen LogP) is 7.70. The van der Waals surface area contributed by atoms with Crippen molar-refractivity contribution >= 4 is 78.8 Å². The van der Waals surface area contributed by atoms with Gasteiger partial charge in [0.1, 0.15) is 5.70 Å². The third-order valence-corrected chi connectivity index (χ3v) is 9.32. The average molecular weight is 632 g/mol. The first kappa shape index (κ1) is 29.9. The van der Waals surface area contributed by atoms with Gasteiger partial charge in [0, 0.05) is 38.8 Å². The summed E-state index contributed by atoms with van der Waals surface area (Å²) >= 11 is 2.85. The summed E-state index contributed by atoms with van der Waals surface area (Å²) in [5.74, 6) is -1.01. The molecule has 10 heteroatoms. The monoisotopic (exact) mass is 631 g/mol. The Morgan fingerprint density at radius 2 is 1.69 bits per heavy atom. The molecule has 45 heavy (non-hydrogen) atoms. The van der Waals surface area contributed by atoms with Gasteiger partial charge in [-0.25, -0.2) is 4.98 Å². The lowest BCUT2D eigenvalue weighted by Crippen LogP contribution is -2.30. The maximum Gasteiger partial charge on any atom is 0.272 e. The Labute approximate surface area is 268 Å². The van der Waals surface area contributed by atoms with Gasteiger partial charge in [0.05, 0.1) is 15.5 Å². The maximum atomic E-state index is 13.6. The highest BCUT2D eigenvalue weighted by Crippen LogP contribution is 2.31. The highest BCUT2D eigenvalue weighted by atomic mass is 32.2. The van der Waals surface area contributed by atoms with Crippen molar-refractivity contribution in [3.8, 4) is 0 Å². The molecule has 0 aliphatic rings. The minimum Gasteiger partial charge on any atom is -0.361 e. The van der Waals surface area contributed by atoms with E-state index in [1.54, 1.807) is 42.6 Å². The van der Waals surface area contributed by atoms with Gasteiger partial charge in [-0.2, -0.15) is 0 Å². The van der Waals surface area contributed by atoms with Crippen molar-refractivity contribution < 1.29 is 14.4 Å². The van der Waals surface area contributed by atoms with Gasteiger partial charge in [-0.15, -0.1) is 11.8 Å². The van der Waals surface area contributed by atoms with Crippen LogP contribution in [0.3, 0.4) is 0 Å². The first-order valence-corrected chi connectivity index (χ1v) is 16.0. The van der Waals surface area contributed by atoms with E-state index in [-0.39, 0.29) is 16.9 Å². The van der Waals surface area contributed by atoms with Crippen molar-refractivity contribution in [2.75, 3.05) is 10.6 Å². The maximum absolute atomic E-state index is 13.6. The van der Waals surface area contributed by atoms with E-state index in [1.165, 1.54) is 23.1 Å². The number of rotatable bonds is 10. The molecule has 8 nitrogen and oxygen atoms in total. The lowest BCUT2D eigenvalue weighted by molar-refractivity contribution is -0.116. The third kappa shape index (κ3) is 7.14. The Hall–Kier alpha value is -5.19. The zero-order valence-corrected chi connectivity index (χ0v) is 25.9. The molecule has 1 unspecified atom stereocenters. The SMILES string of the molecule is CCC(Sc1cccc(NC(=O)/C(=C/c2c[nH]c3ccccc23)NC(=O)c2ccccc2)c1)C(=O)Nc1nc2ccccc2s1. The summed E-state index contributed by atoms with van der Waals surface area (Å²) in [6.45, 7) is 1.96.